The number of anilines is 1. The van der Waals surface area contributed by atoms with Crippen LogP contribution in [0.4, 0.5) is 5.69 Å². The molecule has 1 atom stereocenters. The van der Waals surface area contributed by atoms with Gasteiger partial charge in [-0.3, -0.25) is 4.79 Å². The van der Waals surface area contributed by atoms with Crippen molar-refractivity contribution >= 4 is 39.2 Å². The van der Waals surface area contributed by atoms with Gasteiger partial charge in [-0.05, 0) is 43.3 Å². The molecule has 4 aromatic rings. The van der Waals surface area contributed by atoms with Crippen LogP contribution in [0.1, 0.15) is 18.5 Å². The van der Waals surface area contributed by atoms with Gasteiger partial charge >= 0.3 is 0 Å². The van der Waals surface area contributed by atoms with E-state index in [9.17, 15) is 4.79 Å². The Morgan fingerprint density at radius 1 is 1.17 bits per heavy atom. The molecule has 0 bridgehead atoms. The van der Waals surface area contributed by atoms with Gasteiger partial charge in [0.25, 0.3) is 5.56 Å². The molecular weight excluding hydrogens is 324 g/mol. The van der Waals surface area contributed by atoms with Crippen LogP contribution in [-0.2, 0) is 0 Å². The summed E-state index contributed by atoms with van der Waals surface area (Å²) in [5.41, 5.74) is 3.99. The Balaban J connectivity index is 1.75. The maximum atomic E-state index is 12.4. The van der Waals surface area contributed by atoms with E-state index in [-0.39, 0.29) is 11.6 Å². The molecule has 2 aromatic carbocycles. The Kier molecular flexibility index (Phi) is 3.50. The van der Waals surface area contributed by atoms with Crippen LogP contribution in [0.5, 0.6) is 0 Å². The zero-order chi connectivity index (χ0) is 16.7. The Hall–Kier alpha value is -2.79. The topological polar surface area (TPSA) is 73.6 Å². The van der Waals surface area contributed by atoms with Crippen LogP contribution < -0.4 is 10.9 Å². The van der Waals surface area contributed by atoms with Crippen LogP contribution >= 0.6 is 11.6 Å². The second-order valence-corrected chi connectivity index (χ2v) is 6.19. The van der Waals surface area contributed by atoms with Crippen LogP contribution in [-0.4, -0.2) is 15.0 Å². The third-order valence-corrected chi connectivity index (χ3v) is 4.36. The number of rotatable bonds is 3. The van der Waals surface area contributed by atoms with Crippen LogP contribution in [0.2, 0.25) is 5.02 Å². The molecule has 1 unspecified atom stereocenters. The first-order valence-corrected chi connectivity index (χ1v) is 8.01. The number of halogens is 1. The normalized spacial score (nSPS) is 12.6. The van der Waals surface area contributed by atoms with E-state index in [0.717, 1.165) is 27.6 Å². The first-order valence-electron chi connectivity index (χ1n) is 7.63. The molecule has 24 heavy (non-hydrogen) atoms. The SMILES string of the molecule is CC(Nc1cccc2[nH]cnc12)c1cc2cc(Cl)ccc2[nH]c1=O. The van der Waals surface area contributed by atoms with E-state index < -0.39 is 0 Å². The van der Waals surface area contributed by atoms with Crippen molar-refractivity contribution < 1.29 is 0 Å². The highest BCUT2D eigenvalue weighted by Gasteiger charge is 2.13. The highest BCUT2D eigenvalue weighted by molar-refractivity contribution is 6.31. The number of nitrogens with zero attached hydrogens (tertiary/aromatic N) is 1. The molecule has 0 aliphatic rings. The standard InChI is InChI=1S/C18H15ClN4O/c1-10(22-16-4-2-3-15-17(16)21-9-20-15)13-8-11-7-12(19)5-6-14(11)23-18(13)24/h2-10,22H,1H3,(H,20,21)(H,23,24). The maximum Gasteiger partial charge on any atom is 0.253 e. The summed E-state index contributed by atoms with van der Waals surface area (Å²) in [6, 6.07) is 13.0. The molecule has 2 aromatic heterocycles. The summed E-state index contributed by atoms with van der Waals surface area (Å²) >= 11 is 6.05. The maximum absolute atomic E-state index is 12.4. The minimum atomic E-state index is -0.181. The van der Waals surface area contributed by atoms with Crippen molar-refractivity contribution in [2.24, 2.45) is 0 Å². The van der Waals surface area contributed by atoms with E-state index in [1.54, 1.807) is 12.4 Å². The second-order valence-electron chi connectivity index (χ2n) is 5.76. The van der Waals surface area contributed by atoms with Gasteiger partial charge < -0.3 is 15.3 Å². The molecule has 0 radical (unpaired) electrons. The predicted octanol–water partition coefficient (Wildman–Crippen LogP) is 4.23. The van der Waals surface area contributed by atoms with Crippen LogP contribution in [0.15, 0.2) is 53.6 Å². The summed E-state index contributed by atoms with van der Waals surface area (Å²) in [4.78, 5) is 22.7. The fourth-order valence-corrected chi connectivity index (χ4v) is 3.09. The molecule has 0 saturated heterocycles. The Morgan fingerprint density at radius 2 is 2.04 bits per heavy atom. The molecule has 6 heteroatoms. The molecule has 5 nitrogen and oxygen atoms in total. The van der Waals surface area contributed by atoms with Crippen molar-refractivity contribution in [3.8, 4) is 0 Å². The number of aromatic nitrogens is 3. The highest BCUT2D eigenvalue weighted by atomic mass is 35.5. The fourth-order valence-electron chi connectivity index (χ4n) is 2.91. The van der Waals surface area contributed by atoms with E-state index in [1.807, 2.05) is 43.3 Å². The summed E-state index contributed by atoms with van der Waals surface area (Å²) in [6.45, 7) is 1.95. The van der Waals surface area contributed by atoms with Crippen molar-refractivity contribution in [3.05, 3.63) is 69.7 Å². The number of hydrogen-bond donors (Lipinski definition) is 3. The van der Waals surface area contributed by atoms with Crippen molar-refractivity contribution in [1.82, 2.24) is 15.0 Å². The van der Waals surface area contributed by atoms with Gasteiger partial charge in [0, 0.05) is 21.5 Å². The Bertz CT molecular complexity index is 1100. The van der Waals surface area contributed by atoms with Crippen molar-refractivity contribution in [2.45, 2.75) is 13.0 Å². The summed E-state index contributed by atoms with van der Waals surface area (Å²) in [5.74, 6) is 0. The number of pyridine rings is 1. The molecule has 4 rings (SSSR count). The largest absolute Gasteiger partial charge is 0.376 e. The number of benzene rings is 2. The van der Waals surface area contributed by atoms with Crippen molar-refractivity contribution in [2.75, 3.05) is 5.32 Å². The number of para-hydroxylation sites is 1. The molecule has 3 N–H and O–H groups in total. The zero-order valence-electron chi connectivity index (χ0n) is 12.9. The first-order chi connectivity index (χ1) is 11.6. The number of aromatic amines is 2. The third kappa shape index (κ3) is 2.53. The Labute approximate surface area is 142 Å². The van der Waals surface area contributed by atoms with Gasteiger partial charge in [-0.1, -0.05) is 17.7 Å². The lowest BCUT2D eigenvalue weighted by Crippen LogP contribution is -2.19. The number of hydrogen-bond acceptors (Lipinski definition) is 3. The molecule has 2 heterocycles. The van der Waals surface area contributed by atoms with Gasteiger partial charge in [0.15, 0.2) is 0 Å². The number of imidazole rings is 1. The van der Waals surface area contributed by atoms with Crippen LogP contribution in [0, 0.1) is 0 Å². The summed E-state index contributed by atoms with van der Waals surface area (Å²) in [6.07, 6.45) is 1.66. The molecule has 0 aliphatic heterocycles. The lowest BCUT2D eigenvalue weighted by molar-refractivity contribution is 0.867. The van der Waals surface area contributed by atoms with Gasteiger partial charge in [0.1, 0.15) is 5.52 Å². The van der Waals surface area contributed by atoms with Crippen molar-refractivity contribution in [1.29, 1.82) is 0 Å². The minimum absolute atomic E-state index is 0.112. The van der Waals surface area contributed by atoms with Gasteiger partial charge in [-0.25, -0.2) is 4.98 Å². The van der Waals surface area contributed by atoms with Crippen molar-refractivity contribution in [3.63, 3.8) is 0 Å². The molecule has 0 aliphatic carbocycles. The molecule has 0 amide bonds. The smallest absolute Gasteiger partial charge is 0.253 e. The minimum Gasteiger partial charge on any atom is -0.376 e. The predicted molar refractivity (Wildman–Crippen MR) is 97.7 cm³/mol. The van der Waals surface area contributed by atoms with Crippen LogP contribution in [0.25, 0.3) is 21.9 Å². The van der Waals surface area contributed by atoms with E-state index in [2.05, 4.69) is 20.3 Å². The van der Waals surface area contributed by atoms with Gasteiger partial charge in [-0.15, -0.1) is 0 Å². The number of nitrogens with one attached hydrogen (secondary N) is 3. The van der Waals surface area contributed by atoms with Gasteiger partial charge in [0.2, 0.25) is 0 Å². The monoisotopic (exact) mass is 338 g/mol. The summed E-state index contributed by atoms with van der Waals surface area (Å²) < 4.78 is 0. The van der Waals surface area contributed by atoms with E-state index in [4.69, 9.17) is 11.6 Å². The van der Waals surface area contributed by atoms with E-state index in [0.29, 0.717) is 10.6 Å². The lowest BCUT2D eigenvalue weighted by Gasteiger charge is -2.16. The first kappa shape index (κ1) is 14.8. The molecule has 0 spiro atoms. The summed E-state index contributed by atoms with van der Waals surface area (Å²) in [7, 11) is 0. The van der Waals surface area contributed by atoms with E-state index in [1.165, 1.54) is 0 Å². The quantitative estimate of drug-likeness (QED) is 0.523. The Morgan fingerprint density at radius 3 is 2.92 bits per heavy atom. The van der Waals surface area contributed by atoms with Gasteiger partial charge in [0.05, 0.1) is 23.6 Å². The molecule has 0 fully saturated rings. The third-order valence-electron chi connectivity index (χ3n) is 4.12. The lowest BCUT2D eigenvalue weighted by atomic mass is 10.1. The molecule has 0 saturated carbocycles. The number of H-pyrrole nitrogens is 2. The van der Waals surface area contributed by atoms with Gasteiger partial charge in [-0.2, -0.15) is 0 Å². The molecular formula is C18H15ClN4O. The fraction of sp³-hybridized carbons (Fsp3) is 0.111. The van der Waals surface area contributed by atoms with Crippen LogP contribution in [0.3, 0.4) is 0 Å². The summed E-state index contributed by atoms with van der Waals surface area (Å²) in [5, 5.41) is 4.92. The highest BCUT2D eigenvalue weighted by Crippen LogP contribution is 2.25. The zero-order valence-corrected chi connectivity index (χ0v) is 13.7. The van der Waals surface area contributed by atoms with E-state index >= 15 is 0 Å². The number of fused-ring (bicyclic) bond motifs is 2. The average molecular weight is 339 g/mol. The average Bonchev–Trinajstić information content (AvgIpc) is 3.04. The second kappa shape index (κ2) is 5.69. The molecule has 120 valence electrons.